The van der Waals surface area contributed by atoms with Crippen molar-refractivity contribution in [2.24, 2.45) is 5.92 Å². The van der Waals surface area contributed by atoms with Crippen LogP contribution in [-0.2, 0) is 10.0 Å². The Bertz CT molecular complexity index is 340. The lowest BCUT2D eigenvalue weighted by atomic mass is 9.91. The number of hydrogen-bond acceptors (Lipinski definition) is 3. The fourth-order valence-corrected chi connectivity index (χ4v) is 3.40. The van der Waals surface area contributed by atoms with E-state index < -0.39 is 10.0 Å². The molecule has 0 radical (unpaired) electrons. The highest BCUT2D eigenvalue weighted by Gasteiger charge is 2.26. The van der Waals surface area contributed by atoms with Gasteiger partial charge in [-0.2, -0.15) is 0 Å². The predicted molar refractivity (Wildman–Crippen MR) is 71.4 cm³/mol. The van der Waals surface area contributed by atoms with Gasteiger partial charge in [0.15, 0.2) is 0 Å². The standard InChI is InChI=1S/C12H24N2O2S/c1-4-6-12(13-2)9-11-7-5-8-14(10-11)17(3,15)16/h4,11-13H,1,5-10H2,2-3H3. The van der Waals surface area contributed by atoms with Gasteiger partial charge < -0.3 is 5.32 Å². The molecule has 4 nitrogen and oxygen atoms in total. The second kappa shape index (κ2) is 6.52. The molecule has 5 heteroatoms. The Morgan fingerprint density at radius 3 is 2.82 bits per heavy atom. The predicted octanol–water partition coefficient (Wildman–Crippen LogP) is 1.21. The third-order valence-electron chi connectivity index (χ3n) is 3.43. The van der Waals surface area contributed by atoms with Crippen molar-refractivity contribution < 1.29 is 8.42 Å². The number of nitrogens with one attached hydrogen (secondary N) is 1. The summed E-state index contributed by atoms with van der Waals surface area (Å²) in [5.74, 6) is 0.468. The maximum Gasteiger partial charge on any atom is 0.211 e. The molecule has 1 saturated heterocycles. The normalized spacial score (nSPS) is 24.5. The molecular weight excluding hydrogens is 236 g/mol. The largest absolute Gasteiger partial charge is 0.317 e. The smallest absolute Gasteiger partial charge is 0.211 e. The van der Waals surface area contributed by atoms with Gasteiger partial charge in [0.2, 0.25) is 10.0 Å². The number of piperidine rings is 1. The van der Waals surface area contributed by atoms with Crippen LogP contribution in [0.2, 0.25) is 0 Å². The van der Waals surface area contributed by atoms with E-state index in [-0.39, 0.29) is 0 Å². The van der Waals surface area contributed by atoms with Crippen LogP contribution in [0.5, 0.6) is 0 Å². The summed E-state index contributed by atoms with van der Waals surface area (Å²) in [6, 6.07) is 0.414. The lowest BCUT2D eigenvalue weighted by Gasteiger charge is -2.32. The van der Waals surface area contributed by atoms with Gasteiger partial charge in [-0.05, 0) is 38.6 Å². The maximum atomic E-state index is 11.5. The molecule has 1 heterocycles. The van der Waals surface area contributed by atoms with Crippen molar-refractivity contribution in [3.63, 3.8) is 0 Å². The van der Waals surface area contributed by atoms with Gasteiger partial charge in [-0.3, -0.25) is 0 Å². The highest BCUT2D eigenvalue weighted by Crippen LogP contribution is 2.23. The fraction of sp³-hybridized carbons (Fsp3) is 0.833. The Morgan fingerprint density at radius 2 is 2.29 bits per heavy atom. The van der Waals surface area contributed by atoms with Crippen molar-refractivity contribution in [1.29, 1.82) is 0 Å². The van der Waals surface area contributed by atoms with Crippen molar-refractivity contribution >= 4 is 10.0 Å². The van der Waals surface area contributed by atoms with Crippen LogP contribution in [0.25, 0.3) is 0 Å². The minimum absolute atomic E-state index is 0.414. The highest BCUT2D eigenvalue weighted by atomic mass is 32.2. The van der Waals surface area contributed by atoms with Gasteiger partial charge in [-0.15, -0.1) is 6.58 Å². The second-order valence-corrected chi connectivity index (χ2v) is 6.86. The molecule has 0 saturated carbocycles. The monoisotopic (exact) mass is 260 g/mol. The van der Waals surface area contributed by atoms with Gasteiger partial charge in [0.05, 0.1) is 6.26 Å². The number of hydrogen-bond donors (Lipinski definition) is 1. The molecule has 2 atom stereocenters. The molecule has 0 aromatic heterocycles. The summed E-state index contributed by atoms with van der Waals surface area (Å²) >= 11 is 0. The van der Waals surface area contributed by atoms with Gasteiger partial charge in [-0.25, -0.2) is 12.7 Å². The van der Waals surface area contributed by atoms with E-state index in [1.54, 1.807) is 4.31 Å². The topological polar surface area (TPSA) is 49.4 Å². The molecule has 2 unspecified atom stereocenters. The van der Waals surface area contributed by atoms with Crippen molar-refractivity contribution in [1.82, 2.24) is 9.62 Å². The zero-order chi connectivity index (χ0) is 12.9. The zero-order valence-electron chi connectivity index (χ0n) is 10.9. The summed E-state index contributed by atoms with van der Waals surface area (Å²) < 4.78 is 24.6. The van der Waals surface area contributed by atoms with E-state index in [0.717, 1.165) is 25.7 Å². The lowest BCUT2D eigenvalue weighted by molar-refractivity contribution is 0.240. The van der Waals surface area contributed by atoms with Gasteiger partial charge >= 0.3 is 0 Å². The zero-order valence-corrected chi connectivity index (χ0v) is 11.7. The average Bonchev–Trinajstić information content (AvgIpc) is 2.28. The molecule has 0 aromatic carbocycles. The van der Waals surface area contributed by atoms with E-state index in [9.17, 15) is 8.42 Å². The van der Waals surface area contributed by atoms with E-state index in [2.05, 4.69) is 11.9 Å². The van der Waals surface area contributed by atoms with Crippen molar-refractivity contribution in [3.05, 3.63) is 12.7 Å². The van der Waals surface area contributed by atoms with E-state index in [0.29, 0.717) is 25.0 Å². The molecular formula is C12H24N2O2S. The van der Waals surface area contributed by atoms with E-state index in [1.165, 1.54) is 6.26 Å². The minimum Gasteiger partial charge on any atom is -0.317 e. The Morgan fingerprint density at radius 1 is 1.59 bits per heavy atom. The molecule has 1 rings (SSSR count). The van der Waals surface area contributed by atoms with Crippen LogP contribution >= 0.6 is 0 Å². The van der Waals surface area contributed by atoms with E-state index in [1.807, 2.05) is 13.1 Å². The Hall–Kier alpha value is -0.390. The van der Waals surface area contributed by atoms with Gasteiger partial charge in [0.25, 0.3) is 0 Å². The van der Waals surface area contributed by atoms with Gasteiger partial charge in [0.1, 0.15) is 0 Å². The highest BCUT2D eigenvalue weighted by molar-refractivity contribution is 7.88. The summed E-state index contributed by atoms with van der Waals surface area (Å²) in [5.41, 5.74) is 0. The third kappa shape index (κ3) is 4.77. The van der Waals surface area contributed by atoms with Crippen LogP contribution in [-0.4, -0.2) is 45.2 Å². The minimum atomic E-state index is -3.02. The molecule has 1 aliphatic rings. The summed E-state index contributed by atoms with van der Waals surface area (Å²) in [6.45, 7) is 5.11. The quantitative estimate of drug-likeness (QED) is 0.730. The molecule has 0 spiro atoms. The summed E-state index contributed by atoms with van der Waals surface area (Å²) in [7, 11) is -1.07. The molecule has 1 N–H and O–H groups in total. The fourth-order valence-electron chi connectivity index (χ4n) is 2.46. The lowest BCUT2D eigenvalue weighted by Crippen LogP contribution is -2.41. The summed E-state index contributed by atoms with van der Waals surface area (Å²) in [5, 5.41) is 3.26. The first-order valence-electron chi connectivity index (χ1n) is 6.20. The first-order valence-corrected chi connectivity index (χ1v) is 8.05. The molecule has 0 aliphatic carbocycles. The summed E-state index contributed by atoms with van der Waals surface area (Å²) in [6.07, 6.45) is 7.27. The Kier molecular flexibility index (Phi) is 5.62. The molecule has 1 aliphatic heterocycles. The van der Waals surface area contributed by atoms with Gasteiger partial charge in [0, 0.05) is 19.1 Å². The van der Waals surface area contributed by atoms with Crippen LogP contribution in [0.3, 0.4) is 0 Å². The number of rotatable bonds is 6. The Labute approximate surface area is 105 Å². The van der Waals surface area contributed by atoms with Gasteiger partial charge in [-0.1, -0.05) is 6.08 Å². The van der Waals surface area contributed by atoms with Crippen molar-refractivity contribution in [2.45, 2.75) is 31.7 Å². The van der Waals surface area contributed by atoms with Crippen LogP contribution in [0.4, 0.5) is 0 Å². The SMILES string of the molecule is C=CCC(CC1CCCN(S(C)(=O)=O)C1)NC. The van der Waals surface area contributed by atoms with Crippen LogP contribution in [0.15, 0.2) is 12.7 Å². The molecule has 0 bridgehead atoms. The van der Waals surface area contributed by atoms with Crippen LogP contribution in [0.1, 0.15) is 25.7 Å². The second-order valence-electron chi connectivity index (χ2n) is 4.87. The van der Waals surface area contributed by atoms with Crippen LogP contribution < -0.4 is 5.32 Å². The van der Waals surface area contributed by atoms with Crippen molar-refractivity contribution in [2.75, 3.05) is 26.4 Å². The van der Waals surface area contributed by atoms with E-state index in [4.69, 9.17) is 0 Å². The van der Waals surface area contributed by atoms with Crippen molar-refractivity contribution in [3.8, 4) is 0 Å². The first kappa shape index (κ1) is 14.7. The third-order valence-corrected chi connectivity index (χ3v) is 4.70. The number of nitrogens with zero attached hydrogens (tertiary/aromatic N) is 1. The number of sulfonamides is 1. The molecule has 0 amide bonds. The Balaban J connectivity index is 2.52. The molecule has 1 fully saturated rings. The molecule has 17 heavy (non-hydrogen) atoms. The van der Waals surface area contributed by atoms with E-state index >= 15 is 0 Å². The first-order chi connectivity index (χ1) is 7.97. The average molecular weight is 260 g/mol. The van der Waals surface area contributed by atoms with Crippen LogP contribution in [0, 0.1) is 5.92 Å². The molecule has 100 valence electrons. The molecule has 0 aromatic rings. The summed E-state index contributed by atoms with van der Waals surface area (Å²) in [4.78, 5) is 0. The maximum absolute atomic E-state index is 11.5.